The van der Waals surface area contributed by atoms with Crippen molar-refractivity contribution < 1.29 is 0 Å². The highest BCUT2D eigenvalue weighted by atomic mass is 15.3. The molecule has 130 valence electrons. The second-order valence-corrected chi connectivity index (χ2v) is 7.29. The molecule has 1 fully saturated rings. The first kappa shape index (κ1) is 17.2. The fourth-order valence-electron chi connectivity index (χ4n) is 3.78. The lowest BCUT2D eigenvalue weighted by Gasteiger charge is -2.24. The Bertz CT molecular complexity index is 674. The number of aromatic nitrogens is 2. The van der Waals surface area contributed by atoms with E-state index in [9.17, 15) is 0 Å². The molecule has 24 heavy (non-hydrogen) atoms. The zero-order valence-corrected chi connectivity index (χ0v) is 15.5. The Morgan fingerprint density at radius 3 is 2.62 bits per heavy atom. The summed E-state index contributed by atoms with van der Waals surface area (Å²) in [6, 6.07) is 11.6. The van der Waals surface area contributed by atoms with Crippen LogP contribution in [0.25, 0.3) is 5.69 Å². The minimum atomic E-state index is 0.723. The van der Waals surface area contributed by atoms with Crippen LogP contribution in [0.15, 0.2) is 30.3 Å². The molecule has 0 spiro atoms. The summed E-state index contributed by atoms with van der Waals surface area (Å²) in [6.07, 6.45) is 3.85. The first-order valence-electron chi connectivity index (χ1n) is 9.05. The Kier molecular flexibility index (Phi) is 5.36. The Morgan fingerprint density at radius 1 is 1.12 bits per heavy atom. The van der Waals surface area contributed by atoms with Crippen LogP contribution < -0.4 is 0 Å². The molecule has 0 bridgehead atoms. The summed E-state index contributed by atoms with van der Waals surface area (Å²) in [4.78, 5) is 4.99. The minimum Gasteiger partial charge on any atom is -0.306 e. The summed E-state index contributed by atoms with van der Waals surface area (Å²) in [6.45, 7) is 7.56. The Labute approximate surface area is 146 Å². The van der Waals surface area contributed by atoms with E-state index in [4.69, 9.17) is 0 Å². The lowest BCUT2D eigenvalue weighted by atomic mass is 10.1. The molecule has 1 saturated heterocycles. The highest BCUT2D eigenvalue weighted by Gasteiger charge is 2.19. The van der Waals surface area contributed by atoms with E-state index in [0.29, 0.717) is 0 Å². The molecule has 0 amide bonds. The maximum Gasteiger partial charge on any atom is 0.0693 e. The van der Waals surface area contributed by atoms with Crippen molar-refractivity contribution >= 4 is 0 Å². The van der Waals surface area contributed by atoms with E-state index in [1.54, 1.807) is 0 Å². The molecule has 4 heteroatoms. The van der Waals surface area contributed by atoms with Crippen LogP contribution in [0.5, 0.6) is 0 Å². The fourth-order valence-corrected chi connectivity index (χ4v) is 3.78. The number of para-hydroxylation sites is 1. The standard InChI is InChI=1S/C20H30N4/c1-16-14-17(2)24(21-16)20-10-6-5-8-18(20)15-23-12-7-9-19(11-13-23)22(3)4/h5-6,8,10,14,19H,7,9,11-13,15H2,1-4H3/t19-/m0/s1. The monoisotopic (exact) mass is 326 g/mol. The van der Waals surface area contributed by atoms with Crippen molar-refractivity contribution in [1.82, 2.24) is 19.6 Å². The van der Waals surface area contributed by atoms with E-state index < -0.39 is 0 Å². The smallest absolute Gasteiger partial charge is 0.0693 e. The van der Waals surface area contributed by atoms with E-state index >= 15 is 0 Å². The predicted molar refractivity (Wildman–Crippen MR) is 99.6 cm³/mol. The second kappa shape index (κ2) is 7.49. The van der Waals surface area contributed by atoms with Crippen LogP contribution in [0.1, 0.15) is 36.2 Å². The van der Waals surface area contributed by atoms with Crippen LogP contribution >= 0.6 is 0 Å². The number of hydrogen-bond acceptors (Lipinski definition) is 3. The van der Waals surface area contributed by atoms with Crippen molar-refractivity contribution in [1.29, 1.82) is 0 Å². The number of likely N-dealkylation sites (tertiary alicyclic amines) is 1. The Hall–Kier alpha value is -1.65. The van der Waals surface area contributed by atoms with Gasteiger partial charge < -0.3 is 4.90 Å². The van der Waals surface area contributed by atoms with Gasteiger partial charge in [-0.3, -0.25) is 4.90 Å². The summed E-state index contributed by atoms with van der Waals surface area (Å²) < 4.78 is 2.09. The van der Waals surface area contributed by atoms with Crippen molar-refractivity contribution in [3.05, 3.63) is 47.3 Å². The van der Waals surface area contributed by atoms with Gasteiger partial charge in [-0.15, -0.1) is 0 Å². The first-order chi connectivity index (χ1) is 11.5. The molecule has 4 nitrogen and oxygen atoms in total. The Morgan fingerprint density at radius 2 is 1.92 bits per heavy atom. The number of rotatable bonds is 4. The van der Waals surface area contributed by atoms with Crippen LogP contribution in [0.2, 0.25) is 0 Å². The molecule has 0 radical (unpaired) electrons. The van der Waals surface area contributed by atoms with Gasteiger partial charge in [0.2, 0.25) is 0 Å². The molecule has 2 aromatic rings. The van der Waals surface area contributed by atoms with Crippen molar-refractivity contribution in [2.45, 2.75) is 45.7 Å². The van der Waals surface area contributed by atoms with Crippen molar-refractivity contribution in [2.24, 2.45) is 0 Å². The summed E-state index contributed by atoms with van der Waals surface area (Å²) in [5.74, 6) is 0. The SMILES string of the molecule is Cc1cc(C)n(-c2ccccc2CN2CCC[C@H](N(C)C)CC2)n1. The summed E-state index contributed by atoms with van der Waals surface area (Å²) in [5.41, 5.74) is 4.86. The molecule has 0 unspecified atom stereocenters. The molecular formula is C20H30N4. The molecule has 0 N–H and O–H groups in total. The summed E-state index contributed by atoms with van der Waals surface area (Å²) >= 11 is 0. The number of benzene rings is 1. The Balaban J connectivity index is 1.77. The van der Waals surface area contributed by atoms with Gasteiger partial charge in [-0.25, -0.2) is 4.68 Å². The van der Waals surface area contributed by atoms with Gasteiger partial charge in [0.25, 0.3) is 0 Å². The second-order valence-electron chi connectivity index (χ2n) is 7.29. The van der Waals surface area contributed by atoms with Crippen molar-refractivity contribution in [3.8, 4) is 5.69 Å². The van der Waals surface area contributed by atoms with E-state index in [1.807, 2.05) is 0 Å². The van der Waals surface area contributed by atoms with Gasteiger partial charge >= 0.3 is 0 Å². The third-order valence-corrected chi connectivity index (χ3v) is 5.14. The van der Waals surface area contributed by atoms with Crippen LogP contribution in [-0.4, -0.2) is 52.8 Å². The van der Waals surface area contributed by atoms with Gasteiger partial charge in [0.1, 0.15) is 0 Å². The van der Waals surface area contributed by atoms with Gasteiger partial charge in [-0.2, -0.15) is 5.10 Å². The lowest BCUT2D eigenvalue weighted by Crippen LogP contribution is -2.30. The molecule has 1 atom stereocenters. The zero-order chi connectivity index (χ0) is 17.1. The van der Waals surface area contributed by atoms with E-state index in [1.165, 1.54) is 49.3 Å². The first-order valence-corrected chi connectivity index (χ1v) is 9.05. The number of aryl methyl sites for hydroxylation is 2. The van der Waals surface area contributed by atoms with Gasteiger partial charge in [-0.1, -0.05) is 18.2 Å². The number of hydrogen-bond donors (Lipinski definition) is 0. The highest BCUT2D eigenvalue weighted by Crippen LogP contribution is 2.21. The van der Waals surface area contributed by atoms with Gasteiger partial charge in [0.15, 0.2) is 0 Å². The lowest BCUT2D eigenvalue weighted by molar-refractivity contribution is 0.245. The molecule has 0 aliphatic carbocycles. The average Bonchev–Trinajstić information content (AvgIpc) is 2.74. The summed E-state index contributed by atoms with van der Waals surface area (Å²) in [5, 5.41) is 4.68. The quantitative estimate of drug-likeness (QED) is 0.860. The summed E-state index contributed by atoms with van der Waals surface area (Å²) in [7, 11) is 4.41. The van der Waals surface area contributed by atoms with Crippen LogP contribution in [-0.2, 0) is 6.54 Å². The third-order valence-electron chi connectivity index (χ3n) is 5.14. The van der Waals surface area contributed by atoms with E-state index in [-0.39, 0.29) is 0 Å². The number of nitrogens with zero attached hydrogens (tertiary/aromatic N) is 4. The molecule has 1 aromatic carbocycles. The van der Waals surface area contributed by atoms with Gasteiger partial charge in [0.05, 0.1) is 11.4 Å². The normalized spacial score (nSPS) is 19.6. The molecular weight excluding hydrogens is 296 g/mol. The predicted octanol–water partition coefficient (Wildman–Crippen LogP) is 3.41. The highest BCUT2D eigenvalue weighted by molar-refractivity contribution is 5.41. The average molecular weight is 326 g/mol. The van der Waals surface area contributed by atoms with Crippen LogP contribution in [0.3, 0.4) is 0 Å². The van der Waals surface area contributed by atoms with Gasteiger partial charge in [0, 0.05) is 18.3 Å². The van der Waals surface area contributed by atoms with Crippen molar-refractivity contribution in [2.75, 3.05) is 27.2 Å². The molecule has 0 saturated carbocycles. The third kappa shape index (κ3) is 3.87. The van der Waals surface area contributed by atoms with Crippen molar-refractivity contribution in [3.63, 3.8) is 0 Å². The molecule has 1 aliphatic heterocycles. The van der Waals surface area contributed by atoms with E-state index in [0.717, 1.165) is 18.3 Å². The fraction of sp³-hybridized carbons (Fsp3) is 0.550. The minimum absolute atomic E-state index is 0.723. The van der Waals surface area contributed by atoms with Crippen LogP contribution in [0.4, 0.5) is 0 Å². The van der Waals surface area contributed by atoms with Crippen LogP contribution in [0, 0.1) is 13.8 Å². The zero-order valence-electron chi connectivity index (χ0n) is 15.5. The van der Waals surface area contributed by atoms with E-state index in [2.05, 4.69) is 77.9 Å². The maximum atomic E-state index is 4.68. The molecule has 1 aromatic heterocycles. The molecule has 2 heterocycles. The maximum absolute atomic E-state index is 4.68. The van der Waals surface area contributed by atoms with Gasteiger partial charge in [-0.05, 0) is 78.0 Å². The molecule has 1 aliphatic rings. The topological polar surface area (TPSA) is 24.3 Å². The largest absolute Gasteiger partial charge is 0.306 e. The molecule has 3 rings (SSSR count).